The Bertz CT molecular complexity index is 898. The normalized spacial score (nSPS) is 18.8. The number of amides is 3. The van der Waals surface area contributed by atoms with Gasteiger partial charge in [-0.3, -0.25) is 9.69 Å². The van der Waals surface area contributed by atoms with Gasteiger partial charge in [0.1, 0.15) is 0 Å². The third-order valence-electron chi connectivity index (χ3n) is 6.26. The van der Waals surface area contributed by atoms with Crippen molar-refractivity contribution in [2.24, 2.45) is 0 Å². The lowest BCUT2D eigenvalue weighted by atomic mass is 10.1. The van der Waals surface area contributed by atoms with Crippen molar-refractivity contribution in [1.82, 2.24) is 15.1 Å². The van der Waals surface area contributed by atoms with Gasteiger partial charge in [0.25, 0.3) is 0 Å². The molecule has 1 atom stereocenters. The van der Waals surface area contributed by atoms with E-state index in [1.54, 1.807) is 0 Å². The number of aryl methyl sites for hydroxylation is 1. The lowest BCUT2D eigenvalue weighted by molar-refractivity contribution is -0.130. The molecule has 176 valence electrons. The van der Waals surface area contributed by atoms with Crippen molar-refractivity contribution in [3.8, 4) is 0 Å². The molecule has 0 saturated carbocycles. The van der Waals surface area contributed by atoms with E-state index in [1.807, 2.05) is 35.2 Å². The second kappa shape index (κ2) is 11.8. The quantitative estimate of drug-likeness (QED) is 0.648. The van der Waals surface area contributed by atoms with Gasteiger partial charge in [-0.2, -0.15) is 0 Å². The molecular weight excluding hydrogens is 416 g/mol. The SMILES string of the molecule is O=C(NCC1CN(Cc2ccccc2)CCO1)Nc1ccc(CCC(=O)N2CCCC2)cc1. The zero-order valence-corrected chi connectivity index (χ0v) is 19.2. The number of rotatable bonds is 8. The van der Waals surface area contributed by atoms with Crippen LogP contribution in [0, 0.1) is 0 Å². The number of carbonyl (C=O) groups is 2. The summed E-state index contributed by atoms with van der Waals surface area (Å²) in [6, 6.07) is 17.9. The molecular formula is C26H34N4O3. The van der Waals surface area contributed by atoms with E-state index in [4.69, 9.17) is 4.74 Å². The highest BCUT2D eigenvalue weighted by Gasteiger charge is 2.21. The largest absolute Gasteiger partial charge is 0.374 e. The Kier molecular flexibility index (Phi) is 8.33. The summed E-state index contributed by atoms with van der Waals surface area (Å²) in [5, 5.41) is 5.79. The number of hydrogen-bond donors (Lipinski definition) is 2. The minimum absolute atomic E-state index is 0.0243. The molecule has 2 aliphatic rings. The molecule has 0 aliphatic carbocycles. The molecule has 2 saturated heterocycles. The fourth-order valence-corrected chi connectivity index (χ4v) is 4.40. The first-order valence-corrected chi connectivity index (χ1v) is 12.0. The van der Waals surface area contributed by atoms with E-state index in [-0.39, 0.29) is 18.0 Å². The maximum absolute atomic E-state index is 12.3. The van der Waals surface area contributed by atoms with Crippen molar-refractivity contribution in [3.63, 3.8) is 0 Å². The van der Waals surface area contributed by atoms with Gasteiger partial charge in [-0.05, 0) is 42.5 Å². The summed E-state index contributed by atoms with van der Waals surface area (Å²) in [6.07, 6.45) is 3.47. The van der Waals surface area contributed by atoms with Crippen LogP contribution in [0.1, 0.15) is 30.4 Å². The van der Waals surface area contributed by atoms with Gasteiger partial charge in [-0.25, -0.2) is 4.79 Å². The van der Waals surface area contributed by atoms with Gasteiger partial charge in [0.05, 0.1) is 12.7 Å². The molecule has 33 heavy (non-hydrogen) atoms. The van der Waals surface area contributed by atoms with E-state index in [9.17, 15) is 9.59 Å². The van der Waals surface area contributed by atoms with Gasteiger partial charge in [0.15, 0.2) is 0 Å². The lowest BCUT2D eigenvalue weighted by Gasteiger charge is -2.33. The van der Waals surface area contributed by atoms with Crippen LogP contribution in [-0.4, -0.2) is 67.2 Å². The van der Waals surface area contributed by atoms with Crippen LogP contribution < -0.4 is 10.6 Å². The van der Waals surface area contributed by atoms with Crippen molar-refractivity contribution in [1.29, 1.82) is 0 Å². The average molecular weight is 451 g/mol. The molecule has 2 heterocycles. The predicted octanol–water partition coefficient (Wildman–Crippen LogP) is 3.26. The minimum atomic E-state index is -0.240. The van der Waals surface area contributed by atoms with E-state index in [0.29, 0.717) is 19.6 Å². The minimum Gasteiger partial charge on any atom is -0.374 e. The summed E-state index contributed by atoms with van der Waals surface area (Å²) in [7, 11) is 0. The van der Waals surface area contributed by atoms with Crippen molar-refractivity contribution >= 4 is 17.6 Å². The molecule has 2 aromatic carbocycles. The van der Waals surface area contributed by atoms with E-state index >= 15 is 0 Å². The van der Waals surface area contributed by atoms with Gasteiger partial charge < -0.3 is 20.3 Å². The molecule has 3 amide bonds. The number of ether oxygens (including phenoxy) is 1. The Labute approximate surface area is 196 Å². The lowest BCUT2D eigenvalue weighted by Crippen LogP contribution is -2.47. The summed E-state index contributed by atoms with van der Waals surface area (Å²) in [4.78, 5) is 28.8. The van der Waals surface area contributed by atoms with Crippen molar-refractivity contribution < 1.29 is 14.3 Å². The Morgan fingerprint density at radius 2 is 1.70 bits per heavy atom. The number of anilines is 1. The Balaban J connectivity index is 1.16. The molecule has 0 spiro atoms. The van der Waals surface area contributed by atoms with Crippen LogP contribution >= 0.6 is 0 Å². The van der Waals surface area contributed by atoms with Crippen LogP contribution in [0.5, 0.6) is 0 Å². The number of urea groups is 1. The number of benzene rings is 2. The van der Waals surface area contributed by atoms with Crippen LogP contribution in [0.15, 0.2) is 54.6 Å². The number of carbonyl (C=O) groups excluding carboxylic acids is 2. The molecule has 7 heteroatoms. The fraction of sp³-hybridized carbons (Fsp3) is 0.462. The zero-order chi connectivity index (χ0) is 22.9. The Morgan fingerprint density at radius 1 is 0.939 bits per heavy atom. The first-order chi connectivity index (χ1) is 16.2. The van der Waals surface area contributed by atoms with Gasteiger partial charge in [-0.1, -0.05) is 42.5 Å². The van der Waals surface area contributed by atoms with Crippen LogP contribution in [0.4, 0.5) is 10.5 Å². The number of morpholine rings is 1. The number of hydrogen-bond acceptors (Lipinski definition) is 4. The predicted molar refractivity (Wildman–Crippen MR) is 129 cm³/mol. The van der Waals surface area contributed by atoms with Crippen LogP contribution in [0.25, 0.3) is 0 Å². The van der Waals surface area contributed by atoms with Crippen molar-refractivity contribution in [3.05, 3.63) is 65.7 Å². The number of nitrogens with one attached hydrogen (secondary N) is 2. The van der Waals surface area contributed by atoms with Crippen LogP contribution in [0.3, 0.4) is 0 Å². The topological polar surface area (TPSA) is 73.9 Å². The molecule has 0 radical (unpaired) electrons. The molecule has 7 nitrogen and oxygen atoms in total. The van der Waals surface area contributed by atoms with E-state index in [1.165, 1.54) is 5.56 Å². The van der Waals surface area contributed by atoms with Crippen molar-refractivity contribution in [2.45, 2.75) is 38.3 Å². The molecule has 4 rings (SSSR count). The first-order valence-electron chi connectivity index (χ1n) is 12.0. The fourth-order valence-electron chi connectivity index (χ4n) is 4.40. The van der Waals surface area contributed by atoms with Gasteiger partial charge in [-0.15, -0.1) is 0 Å². The molecule has 2 aliphatic heterocycles. The smallest absolute Gasteiger partial charge is 0.319 e. The van der Waals surface area contributed by atoms with Crippen molar-refractivity contribution in [2.75, 3.05) is 44.6 Å². The highest BCUT2D eigenvalue weighted by molar-refractivity contribution is 5.89. The third kappa shape index (κ3) is 7.30. The monoisotopic (exact) mass is 450 g/mol. The zero-order valence-electron chi connectivity index (χ0n) is 19.2. The highest BCUT2D eigenvalue weighted by atomic mass is 16.5. The molecule has 0 bridgehead atoms. The van der Waals surface area contributed by atoms with Gasteiger partial charge >= 0.3 is 6.03 Å². The summed E-state index contributed by atoms with van der Waals surface area (Å²) in [5.41, 5.74) is 3.12. The van der Waals surface area contributed by atoms with E-state index in [0.717, 1.165) is 63.2 Å². The van der Waals surface area contributed by atoms with Crippen LogP contribution in [-0.2, 0) is 22.5 Å². The van der Waals surface area contributed by atoms with Gasteiger partial charge in [0.2, 0.25) is 5.91 Å². The average Bonchev–Trinajstić information content (AvgIpc) is 3.38. The van der Waals surface area contributed by atoms with Gasteiger partial charge in [0, 0.05) is 51.4 Å². The third-order valence-corrected chi connectivity index (χ3v) is 6.26. The highest BCUT2D eigenvalue weighted by Crippen LogP contribution is 2.14. The molecule has 2 aromatic rings. The molecule has 2 N–H and O–H groups in total. The van der Waals surface area contributed by atoms with E-state index in [2.05, 4.69) is 39.8 Å². The second-order valence-electron chi connectivity index (χ2n) is 8.83. The maximum atomic E-state index is 12.3. The summed E-state index contributed by atoms with van der Waals surface area (Å²) >= 11 is 0. The molecule has 1 unspecified atom stereocenters. The van der Waals surface area contributed by atoms with Crippen LogP contribution in [0.2, 0.25) is 0 Å². The summed E-state index contributed by atoms with van der Waals surface area (Å²) < 4.78 is 5.83. The standard InChI is InChI=1S/C26H34N4O3/c31-25(30-14-4-5-15-30)13-10-21-8-11-23(12-9-21)28-26(32)27-18-24-20-29(16-17-33-24)19-22-6-2-1-3-7-22/h1-3,6-9,11-12,24H,4-5,10,13-20H2,(H2,27,28,32). The molecule has 2 fully saturated rings. The maximum Gasteiger partial charge on any atom is 0.319 e. The Hall–Kier alpha value is -2.90. The second-order valence-corrected chi connectivity index (χ2v) is 8.83. The number of nitrogens with zero attached hydrogens (tertiary/aromatic N) is 2. The number of likely N-dealkylation sites (tertiary alicyclic amines) is 1. The molecule has 0 aromatic heterocycles. The van der Waals surface area contributed by atoms with E-state index < -0.39 is 0 Å². The summed E-state index contributed by atoms with van der Waals surface area (Å²) in [5.74, 6) is 0.237. The summed E-state index contributed by atoms with van der Waals surface area (Å²) in [6.45, 7) is 5.51. The first kappa shape index (κ1) is 23.3. The Morgan fingerprint density at radius 3 is 2.45 bits per heavy atom.